The summed E-state index contributed by atoms with van der Waals surface area (Å²) in [6, 6.07) is 8.78. The van der Waals surface area contributed by atoms with Crippen molar-refractivity contribution in [1.29, 1.82) is 0 Å². The standard InChI is InChI=1S/C16H20FN3/c1-12-5-6-14(17)8-15(12)16(9-18)20(2)11-13-4-3-7-19-10-13/h3-8,10,16H,9,11,18H2,1-2H3. The van der Waals surface area contributed by atoms with Crippen LogP contribution in [-0.2, 0) is 6.54 Å². The molecule has 0 spiro atoms. The predicted octanol–water partition coefficient (Wildman–Crippen LogP) is 2.66. The number of benzene rings is 1. The summed E-state index contributed by atoms with van der Waals surface area (Å²) in [7, 11) is 1.99. The van der Waals surface area contributed by atoms with Crippen LogP contribution >= 0.6 is 0 Å². The molecule has 0 bridgehead atoms. The molecule has 20 heavy (non-hydrogen) atoms. The Labute approximate surface area is 119 Å². The van der Waals surface area contributed by atoms with Crippen molar-refractivity contribution in [2.24, 2.45) is 5.73 Å². The van der Waals surface area contributed by atoms with Crippen LogP contribution < -0.4 is 5.73 Å². The third kappa shape index (κ3) is 3.40. The SMILES string of the molecule is Cc1ccc(F)cc1C(CN)N(C)Cc1cccnc1. The fourth-order valence-corrected chi connectivity index (χ4v) is 2.40. The van der Waals surface area contributed by atoms with Gasteiger partial charge in [0.05, 0.1) is 0 Å². The van der Waals surface area contributed by atoms with Gasteiger partial charge in [-0.05, 0) is 48.9 Å². The lowest BCUT2D eigenvalue weighted by Gasteiger charge is -2.28. The molecule has 0 fully saturated rings. The highest BCUT2D eigenvalue weighted by atomic mass is 19.1. The van der Waals surface area contributed by atoms with Gasteiger partial charge in [0.1, 0.15) is 5.82 Å². The Morgan fingerprint density at radius 2 is 2.15 bits per heavy atom. The Morgan fingerprint density at radius 3 is 2.80 bits per heavy atom. The number of rotatable bonds is 5. The fourth-order valence-electron chi connectivity index (χ4n) is 2.40. The van der Waals surface area contributed by atoms with Crippen LogP contribution in [0.15, 0.2) is 42.7 Å². The molecule has 2 N–H and O–H groups in total. The maximum Gasteiger partial charge on any atom is 0.123 e. The van der Waals surface area contributed by atoms with Crippen molar-refractivity contribution in [3.63, 3.8) is 0 Å². The minimum atomic E-state index is -0.223. The van der Waals surface area contributed by atoms with Crippen LogP contribution in [0.3, 0.4) is 0 Å². The number of nitrogens with zero attached hydrogens (tertiary/aromatic N) is 2. The van der Waals surface area contributed by atoms with Crippen molar-refractivity contribution < 1.29 is 4.39 Å². The number of aryl methyl sites for hydroxylation is 1. The van der Waals surface area contributed by atoms with Crippen molar-refractivity contribution in [2.45, 2.75) is 19.5 Å². The maximum absolute atomic E-state index is 13.5. The molecule has 2 rings (SSSR count). The van der Waals surface area contributed by atoms with Gasteiger partial charge in [-0.1, -0.05) is 12.1 Å². The van der Waals surface area contributed by atoms with E-state index in [-0.39, 0.29) is 11.9 Å². The Balaban J connectivity index is 2.21. The van der Waals surface area contributed by atoms with Gasteiger partial charge < -0.3 is 5.73 Å². The van der Waals surface area contributed by atoms with Gasteiger partial charge in [-0.3, -0.25) is 9.88 Å². The summed E-state index contributed by atoms with van der Waals surface area (Å²) >= 11 is 0. The fraction of sp³-hybridized carbons (Fsp3) is 0.312. The van der Waals surface area contributed by atoms with E-state index in [4.69, 9.17) is 5.73 Å². The molecule has 1 heterocycles. The zero-order chi connectivity index (χ0) is 14.5. The number of hydrogen-bond acceptors (Lipinski definition) is 3. The first-order valence-electron chi connectivity index (χ1n) is 6.67. The van der Waals surface area contributed by atoms with Crippen molar-refractivity contribution >= 4 is 0 Å². The average molecular weight is 273 g/mol. The van der Waals surface area contributed by atoms with E-state index >= 15 is 0 Å². The van der Waals surface area contributed by atoms with E-state index < -0.39 is 0 Å². The molecule has 0 aliphatic carbocycles. The maximum atomic E-state index is 13.5. The second-order valence-electron chi connectivity index (χ2n) is 5.03. The number of aromatic nitrogens is 1. The lowest BCUT2D eigenvalue weighted by molar-refractivity contribution is 0.240. The van der Waals surface area contributed by atoms with E-state index in [1.165, 1.54) is 6.07 Å². The zero-order valence-electron chi connectivity index (χ0n) is 11.9. The minimum Gasteiger partial charge on any atom is -0.329 e. The van der Waals surface area contributed by atoms with Crippen LogP contribution in [0, 0.1) is 12.7 Å². The Morgan fingerprint density at radius 1 is 1.35 bits per heavy atom. The minimum absolute atomic E-state index is 0.00842. The van der Waals surface area contributed by atoms with Gasteiger partial charge in [-0.25, -0.2) is 4.39 Å². The molecule has 1 aromatic carbocycles. The van der Waals surface area contributed by atoms with Crippen LogP contribution in [0.5, 0.6) is 0 Å². The van der Waals surface area contributed by atoms with E-state index in [1.54, 1.807) is 18.3 Å². The van der Waals surface area contributed by atoms with Gasteiger partial charge >= 0.3 is 0 Å². The zero-order valence-corrected chi connectivity index (χ0v) is 11.9. The van der Waals surface area contributed by atoms with Crippen LogP contribution in [0.2, 0.25) is 0 Å². The molecule has 0 amide bonds. The van der Waals surface area contributed by atoms with Gasteiger partial charge in [0.25, 0.3) is 0 Å². The van der Waals surface area contributed by atoms with Gasteiger partial charge in [0.15, 0.2) is 0 Å². The smallest absolute Gasteiger partial charge is 0.123 e. The summed E-state index contributed by atoms with van der Waals surface area (Å²) in [6.45, 7) is 3.15. The van der Waals surface area contributed by atoms with Crippen LogP contribution in [0.4, 0.5) is 4.39 Å². The van der Waals surface area contributed by atoms with Crippen molar-refractivity contribution in [3.05, 3.63) is 65.2 Å². The summed E-state index contributed by atoms with van der Waals surface area (Å²) in [5.41, 5.74) is 9.01. The molecule has 106 valence electrons. The van der Waals surface area contributed by atoms with Gasteiger partial charge in [-0.2, -0.15) is 0 Å². The second kappa shape index (κ2) is 6.59. The van der Waals surface area contributed by atoms with E-state index in [1.807, 2.05) is 32.3 Å². The Bertz CT molecular complexity index is 557. The first-order valence-corrected chi connectivity index (χ1v) is 6.67. The first kappa shape index (κ1) is 14.6. The molecule has 2 aromatic rings. The van der Waals surface area contributed by atoms with Gasteiger partial charge in [-0.15, -0.1) is 0 Å². The molecule has 1 atom stereocenters. The van der Waals surface area contributed by atoms with Crippen LogP contribution in [-0.4, -0.2) is 23.5 Å². The number of nitrogens with two attached hydrogens (primary N) is 1. The normalized spacial score (nSPS) is 12.7. The van der Waals surface area contributed by atoms with Gasteiger partial charge in [0, 0.05) is 31.5 Å². The molecular formula is C16H20FN3. The Kier molecular flexibility index (Phi) is 4.82. The summed E-state index contributed by atoms with van der Waals surface area (Å²) in [5, 5.41) is 0. The van der Waals surface area contributed by atoms with Crippen molar-refractivity contribution in [3.8, 4) is 0 Å². The number of pyridine rings is 1. The highest BCUT2D eigenvalue weighted by Crippen LogP contribution is 2.24. The quantitative estimate of drug-likeness (QED) is 0.910. The third-order valence-electron chi connectivity index (χ3n) is 3.51. The molecule has 1 aromatic heterocycles. The molecule has 0 saturated heterocycles. The van der Waals surface area contributed by atoms with Crippen LogP contribution in [0.25, 0.3) is 0 Å². The number of hydrogen-bond donors (Lipinski definition) is 1. The van der Waals surface area contributed by atoms with E-state index in [2.05, 4.69) is 9.88 Å². The molecule has 0 saturated carbocycles. The predicted molar refractivity (Wildman–Crippen MR) is 78.6 cm³/mol. The number of halogens is 1. The van der Waals surface area contributed by atoms with E-state index in [9.17, 15) is 4.39 Å². The summed E-state index contributed by atoms with van der Waals surface area (Å²) < 4.78 is 13.5. The molecule has 0 radical (unpaired) electrons. The molecule has 0 aliphatic heterocycles. The highest BCUT2D eigenvalue weighted by molar-refractivity contribution is 5.30. The third-order valence-corrected chi connectivity index (χ3v) is 3.51. The molecule has 0 aliphatic rings. The first-order chi connectivity index (χ1) is 9.61. The lowest BCUT2D eigenvalue weighted by Crippen LogP contribution is -2.30. The molecule has 1 unspecified atom stereocenters. The number of likely N-dealkylation sites (N-methyl/N-ethyl adjacent to an activating group) is 1. The monoisotopic (exact) mass is 273 g/mol. The van der Waals surface area contributed by atoms with Crippen molar-refractivity contribution in [2.75, 3.05) is 13.6 Å². The molecular weight excluding hydrogens is 253 g/mol. The average Bonchev–Trinajstić information content (AvgIpc) is 2.44. The Hall–Kier alpha value is -1.78. The largest absolute Gasteiger partial charge is 0.329 e. The van der Waals surface area contributed by atoms with Crippen LogP contribution in [0.1, 0.15) is 22.7 Å². The summed E-state index contributed by atoms with van der Waals surface area (Å²) in [4.78, 5) is 6.23. The van der Waals surface area contributed by atoms with Crippen molar-refractivity contribution in [1.82, 2.24) is 9.88 Å². The topological polar surface area (TPSA) is 42.1 Å². The van der Waals surface area contributed by atoms with E-state index in [0.29, 0.717) is 6.54 Å². The summed E-state index contributed by atoms with van der Waals surface area (Å²) in [5.74, 6) is -0.223. The second-order valence-corrected chi connectivity index (χ2v) is 5.03. The molecule has 4 heteroatoms. The molecule has 3 nitrogen and oxygen atoms in total. The van der Waals surface area contributed by atoms with E-state index in [0.717, 1.165) is 23.2 Å². The summed E-state index contributed by atoms with van der Waals surface area (Å²) in [6.07, 6.45) is 3.59. The highest BCUT2D eigenvalue weighted by Gasteiger charge is 2.18. The van der Waals surface area contributed by atoms with Gasteiger partial charge in [0.2, 0.25) is 0 Å². The lowest BCUT2D eigenvalue weighted by atomic mass is 9.99.